The smallest absolute Gasteiger partial charge is 0.166 e. The average molecular weight is 185 g/mol. The number of benzene rings is 1. The fourth-order valence-electron chi connectivity index (χ4n) is 0.645. The Labute approximate surface area is 70.4 Å². The van der Waals surface area contributed by atoms with Crippen molar-refractivity contribution in [2.24, 2.45) is 4.47 Å². The van der Waals surface area contributed by atoms with Gasteiger partial charge in [-0.25, -0.2) is 10.1 Å². The van der Waals surface area contributed by atoms with Gasteiger partial charge in [-0.05, 0) is 4.47 Å². The second-order valence-corrected chi connectivity index (χ2v) is 3.01. The molecule has 0 aliphatic rings. The Morgan fingerprint density at radius 3 is 2.42 bits per heavy atom. The molecule has 6 heteroatoms. The van der Waals surface area contributed by atoms with E-state index < -0.39 is 15.6 Å². The molecule has 0 N–H and O–H groups in total. The highest BCUT2D eigenvalue weighted by atomic mass is 32.2. The maximum Gasteiger partial charge on any atom is 0.166 e. The standard InChI is InChI=1S/C6H5N2O3S/c9-8(10)7-12(11)6-4-2-1-3-5-6/h1-5H/q-1. The highest BCUT2D eigenvalue weighted by Gasteiger charge is 1.84. The molecule has 0 heterocycles. The van der Waals surface area contributed by atoms with E-state index in [2.05, 4.69) is 4.47 Å². The Morgan fingerprint density at radius 2 is 1.92 bits per heavy atom. The highest BCUT2D eigenvalue weighted by Crippen LogP contribution is 2.01. The summed E-state index contributed by atoms with van der Waals surface area (Å²) in [5.74, 6) is 0. The van der Waals surface area contributed by atoms with Crippen LogP contribution >= 0.6 is 0 Å². The van der Waals surface area contributed by atoms with E-state index >= 15 is 0 Å². The van der Waals surface area contributed by atoms with Gasteiger partial charge >= 0.3 is 0 Å². The van der Waals surface area contributed by atoms with Gasteiger partial charge in [0.1, 0.15) is 0 Å². The van der Waals surface area contributed by atoms with Crippen LogP contribution in [0.5, 0.6) is 0 Å². The maximum atomic E-state index is 11.0. The van der Waals surface area contributed by atoms with Crippen molar-refractivity contribution in [2.45, 2.75) is 4.90 Å². The first-order valence-corrected chi connectivity index (χ1v) is 4.14. The summed E-state index contributed by atoms with van der Waals surface area (Å²) in [6, 6.07) is 8.05. The predicted octanol–water partition coefficient (Wildman–Crippen LogP) is 1.38. The average Bonchev–Trinajstić information content (AvgIpc) is 2.05. The number of rotatable bonds is 2. The normalized spacial score (nSPS) is 12.7. The summed E-state index contributed by atoms with van der Waals surface area (Å²) >= 11 is 0. The number of hydrogen-bond acceptors (Lipinski definition) is 4. The van der Waals surface area contributed by atoms with E-state index in [1.165, 1.54) is 12.1 Å². The van der Waals surface area contributed by atoms with Crippen LogP contribution in [0.4, 0.5) is 0 Å². The number of hydrogen-bond donors (Lipinski definition) is 0. The summed E-state index contributed by atoms with van der Waals surface area (Å²) < 4.78 is 13.7. The minimum Gasteiger partial charge on any atom is -0.434 e. The number of nitrogens with zero attached hydrogens (tertiary/aromatic N) is 2. The van der Waals surface area contributed by atoms with Gasteiger partial charge in [0.05, 0.1) is 0 Å². The van der Waals surface area contributed by atoms with Crippen LogP contribution in [0.15, 0.2) is 39.7 Å². The molecule has 0 aliphatic heterocycles. The second kappa shape index (κ2) is 3.82. The fraction of sp³-hybridized carbons (Fsp3) is 0. The zero-order chi connectivity index (χ0) is 8.97. The van der Waals surface area contributed by atoms with Crippen LogP contribution in [0.2, 0.25) is 0 Å². The van der Waals surface area contributed by atoms with Crippen molar-refractivity contribution < 1.29 is 9.24 Å². The molecule has 1 aromatic carbocycles. The lowest BCUT2D eigenvalue weighted by Gasteiger charge is -1.97. The fourth-order valence-corrected chi connectivity index (χ4v) is 1.25. The molecule has 0 fully saturated rings. The topological polar surface area (TPSA) is 72.6 Å². The molecule has 1 aromatic rings. The molecule has 0 aliphatic carbocycles. The molecular weight excluding hydrogens is 180 g/mol. The van der Waals surface area contributed by atoms with Crippen LogP contribution in [-0.2, 0) is 14.8 Å². The van der Waals surface area contributed by atoms with Crippen LogP contribution in [-0.4, -0.2) is 5.03 Å². The van der Waals surface area contributed by atoms with Crippen molar-refractivity contribution in [3.63, 3.8) is 0 Å². The molecule has 0 spiro atoms. The van der Waals surface area contributed by atoms with Crippen LogP contribution in [0.25, 0.3) is 0 Å². The quantitative estimate of drug-likeness (QED) is 0.397. The van der Waals surface area contributed by atoms with Gasteiger partial charge in [0.2, 0.25) is 0 Å². The first-order valence-electron chi connectivity index (χ1n) is 3.03. The van der Waals surface area contributed by atoms with Crippen molar-refractivity contribution in [1.82, 2.24) is 0 Å². The van der Waals surface area contributed by atoms with Crippen LogP contribution in [0.1, 0.15) is 0 Å². The van der Waals surface area contributed by atoms with E-state index in [1.807, 2.05) is 0 Å². The van der Waals surface area contributed by atoms with Gasteiger partial charge in [-0.1, -0.05) is 45.8 Å². The van der Waals surface area contributed by atoms with E-state index in [9.17, 15) is 14.3 Å². The third kappa shape index (κ3) is 2.31. The van der Waals surface area contributed by atoms with Gasteiger partial charge in [-0.15, -0.1) is 0 Å². The number of nitro groups is 1. The van der Waals surface area contributed by atoms with Gasteiger partial charge in [-0.2, -0.15) is 0 Å². The molecule has 0 saturated carbocycles. The summed E-state index contributed by atoms with van der Waals surface area (Å²) in [7, 11) is -1.89. The summed E-state index contributed by atoms with van der Waals surface area (Å²) in [6.45, 7) is 0. The molecule has 64 valence electrons. The molecule has 12 heavy (non-hydrogen) atoms. The second-order valence-electron chi connectivity index (χ2n) is 1.88. The Kier molecular flexibility index (Phi) is 2.76. The van der Waals surface area contributed by atoms with Crippen molar-refractivity contribution in [1.29, 1.82) is 0 Å². The highest BCUT2D eigenvalue weighted by molar-refractivity contribution is 7.74. The van der Waals surface area contributed by atoms with E-state index in [0.29, 0.717) is 4.90 Å². The minimum absolute atomic E-state index is 0.328. The zero-order valence-corrected chi connectivity index (χ0v) is 6.73. The van der Waals surface area contributed by atoms with Gasteiger partial charge < -0.3 is 4.21 Å². The van der Waals surface area contributed by atoms with Crippen molar-refractivity contribution >= 4 is 10.6 Å². The van der Waals surface area contributed by atoms with Crippen molar-refractivity contribution in [3.8, 4) is 0 Å². The lowest BCUT2D eigenvalue weighted by molar-refractivity contribution is -0.481. The van der Waals surface area contributed by atoms with Gasteiger partial charge in [0, 0.05) is 0 Å². The van der Waals surface area contributed by atoms with Gasteiger partial charge in [-0.3, -0.25) is 0 Å². The van der Waals surface area contributed by atoms with Crippen LogP contribution in [0.3, 0.4) is 0 Å². The van der Waals surface area contributed by atoms with Gasteiger partial charge in [0.15, 0.2) is 5.03 Å². The van der Waals surface area contributed by atoms with E-state index in [-0.39, 0.29) is 0 Å². The summed E-state index contributed by atoms with van der Waals surface area (Å²) in [5, 5.41) is 8.87. The predicted molar refractivity (Wildman–Crippen MR) is 42.2 cm³/mol. The Hall–Kier alpha value is -1.43. The van der Waals surface area contributed by atoms with Crippen molar-refractivity contribution in [2.75, 3.05) is 0 Å². The molecule has 1 rings (SSSR count). The first kappa shape index (κ1) is 8.66. The lowest BCUT2D eigenvalue weighted by atomic mass is 10.4. The third-order valence-electron chi connectivity index (χ3n) is 1.09. The van der Waals surface area contributed by atoms with E-state index in [0.717, 1.165) is 0 Å². The molecule has 0 unspecified atom stereocenters. The summed E-state index contributed by atoms with van der Waals surface area (Å²) in [5.41, 5.74) is 0. The molecule has 0 atom stereocenters. The largest absolute Gasteiger partial charge is 0.434 e. The molecular formula is C6H5N2O3S-. The molecule has 0 amide bonds. The van der Waals surface area contributed by atoms with E-state index in [4.69, 9.17) is 0 Å². The first-order chi connectivity index (χ1) is 5.70. The third-order valence-corrected chi connectivity index (χ3v) is 2.04. The Balaban J connectivity index is 3.01. The molecule has 5 nitrogen and oxygen atoms in total. The van der Waals surface area contributed by atoms with Crippen LogP contribution < -0.4 is 0 Å². The monoisotopic (exact) mass is 185 g/mol. The molecule has 0 saturated heterocycles. The molecule has 0 bridgehead atoms. The summed E-state index contributed by atoms with van der Waals surface area (Å²) in [4.78, 5) is 10.2. The lowest BCUT2D eigenvalue weighted by Crippen LogP contribution is -1.86. The van der Waals surface area contributed by atoms with Gasteiger partial charge in [0.25, 0.3) is 0 Å². The minimum atomic E-state index is -1.89. The zero-order valence-electron chi connectivity index (χ0n) is 5.91. The van der Waals surface area contributed by atoms with E-state index in [1.54, 1.807) is 18.2 Å². The SMILES string of the molecule is O=[N+]([O-])N=[S-](=O)c1ccccc1. The Bertz CT molecular complexity index is 356. The summed E-state index contributed by atoms with van der Waals surface area (Å²) in [6.07, 6.45) is 0. The van der Waals surface area contributed by atoms with Crippen LogP contribution in [0, 0.1) is 10.1 Å². The maximum absolute atomic E-state index is 11.0. The van der Waals surface area contributed by atoms with Crippen molar-refractivity contribution in [3.05, 3.63) is 40.4 Å². The Morgan fingerprint density at radius 1 is 1.33 bits per heavy atom. The molecule has 0 radical (unpaired) electrons. The molecule has 0 aromatic heterocycles.